The number of nitrogens with zero attached hydrogens (tertiary/aromatic N) is 4. The van der Waals surface area contributed by atoms with Crippen LogP contribution in [0.1, 0.15) is 30.2 Å². The first kappa shape index (κ1) is 20.4. The third kappa shape index (κ3) is 4.22. The number of hydrazone groups is 1. The van der Waals surface area contributed by atoms with Gasteiger partial charge in [0.25, 0.3) is 12.3 Å². The van der Waals surface area contributed by atoms with Crippen molar-refractivity contribution in [3.8, 4) is 0 Å². The lowest BCUT2D eigenvalue weighted by molar-refractivity contribution is 0.000678. The highest BCUT2D eigenvalue weighted by molar-refractivity contribution is 7.93. The van der Waals surface area contributed by atoms with E-state index in [0.29, 0.717) is 22.0 Å². The molecule has 2 aromatic rings. The normalized spacial score (nSPS) is 17.8. The van der Waals surface area contributed by atoms with Crippen molar-refractivity contribution < 1.29 is 21.9 Å². The Hall–Kier alpha value is -2.34. The highest BCUT2D eigenvalue weighted by Crippen LogP contribution is 2.26. The summed E-state index contributed by atoms with van der Waals surface area (Å²) in [6.45, 7) is 3.43. The molecular formula is C16H19F2N5O3S2. The molecule has 12 heteroatoms. The molecule has 0 fully saturated rings. The molecule has 1 N–H and O–H groups in total. The standard InChI is InChI=1S/C16H19F2N5O3S2/c1-3-10(2)28(24,25)23(11-5-4-6-19-7-11)9-13-20-8-12(27-13)15-21-22-16(26-15)14(17)18/h4-8,10,14,16,22H,3,9H2,1-2H3/t10-,16?/m1/s1. The van der Waals surface area contributed by atoms with E-state index in [4.69, 9.17) is 4.74 Å². The van der Waals surface area contributed by atoms with Crippen molar-refractivity contribution in [2.45, 2.75) is 44.7 Å². The summed E-state index contributed by atoms with van der Waals surface area (Å²) < 4.78 is 57.6. The summed E-state index contributed by atoms with van der Waals surface area (Å²) in [6, 6.07) is 3.31. The first-order valence-corrected chi connectivity index (χ1v) is 10.8. The number of aromatic nitrogens is 2. The molecule has 0 radical (unpaired) electrons. The Labute approximate surface area is 165 Å². The fourth-order valence-corrected chi connectivity index (χ4v) is 4.86. The summed E-state index contributed by atoms with van der Waals surface area (Å²) in [4.78, 5) is 8.64. The number of pyridine rings is 1. The molecule has 0 spiro atoms. The number of thiazole rings is 1. The Morgan fingerprint density at radius 2 is 2.18 bits per heavy atom. The van der Waals surface area contributed by atoms with Crippen LogP contribution in [-0.2, 0) is 21.3 Å². The van der Waals surface area contributed by atoms with Gasteiger partial charge >= 0.3 is 0 Å². The summed E-state index contributed by atoms with van der Waals surface area (Å²) >= 11 is 1.12. The third-order valence-electron chi connectivity index (χ3n) is 4.13. The number of alkyl halides is 2. The first-order valence-electron chi connectivity index (χ1n) is 8.47. The average molecular weight is 431 g/mol. The Morgan fingerprint density at radius 1 is 1.39 bits per heavy atom. The van der Waals surface area contributed by atoms with Gasteiger partial charge in [-0.3, -0.25) is 14.7 Å². The molecule has 8 nitrogen and oxygen atoms in total. The second-order valence-corrected chi connectivity index (χ2v) is 9.41. The van der Waals surface area contributed by atoms with Crippen molar-refractivity contribution in [1.82, 2.24) is 15.4 Å². The minimum absolute atomic E-state index is 0.00626. The maximum absolute atomic E-state index is 13.0. The molecule has 0 bridgehead atoms. The van der Waals surface area contributed by atoms with E-state index in [0.717, 1.165) is 11.3 Å². The largest absolute Gasteiger partial charge is 0.444 e. The smallest absolute Gasteiger partial charge is 0.294 e. The number of nitrogens with one attached hydrogen (secondary N) is 1. The van der Waals surface area contributed by atoms with Crippen molar-refractivity contribution in [1.29, 1.82) is 0 Å². The van der Waals surface area contributed by atoms with E-state index in [9.17, 15) is 17.2 Å². The Morgan fingerprint density at radius 3 is 2.79 bits per heavy atom. The second kappa shape index (κ2) is 8.35. The van der Waals surface area contributed by atoms with Crippen LogP contribution in [-0.4, -0.2) is 42.2 Å². The predicted octanol–water partition coefficient (Wildman–Crippen LogP) is 2.55. The number of hydrogen-bond donors (Lipinski definition) is 1. The van der Waals surface area contributed by atoms with Crippen LogP contribution < -0.4 is 9.73 Å². The molecule has 0 aromatic carbocycles. The van der Waals surface area contributed by atoms with Gasteiger partial charge in [0.15, 0.2) is 0 Å². The Bertz CT molecular complexity index is 937. The van der Waals surface area contributed by atoms with Crippen molar-refractivity contribution in [3.05, 3.63) is 40.6 Å². The number of hydrogen-bond acceptors (Lipinski definition) is 8. The van der Waals surface area contributed by atoms with E-state index in [1.54, 1.807) is 32.2 Å². The number of sulfonamides is 1. The fraction of sp³-hybridized carbons (Fsp3) is 0.438. The predicted molar refractivity (Wildman–Crippen MR) is 102 cm³/mol. The summed E-state index contributed by atoms with van der Waals surface area (Å²) in [7, 11) is -3.65. The molecule has 3 rings (SSSR count). The van der Waals surface area contributed by atoms with Crippen LogP contribution >= 0.6 is 11.3 Å². The van der Waals surface area contributed by atoms with E-state index >= 15 is 0 Å². The molecule has 0 aliphatic carbocycles. The number of rotatable bonds is 8. The SMILES string of the molecule is CC[C@@H](C)S(=O)(=O)N(Cc1ncc(C2=NNC(C(F)F)O2)s1)c1cccnc1. The maximum atomic E-state index is 13.0. The second-order valence-electron chi connectivity index (χ2n) is 6.02. The quantitative estimate of drug-likeness (QED) is 0.690. The van der Waals surface area contributed by atoms with Crippen LogP contribution in [0.5, 0.6) is 0 Å². The van der Waals surface area contributed by atoms with Gasteiger partial charge in [-0.2, -0.15) is 0 Å². The zero-order valence-corrected chi connectivity index (χ0v) is 16.8. The summed E-state index contributed by atoms with van der Waals surface area (Å²) in [5, 5.41) is 3.62. The van der Waals surface area contributed by atoms with Gasteiger partial charge in [0, 0.05) is 6.20 Å². The summed E-state index contributed by atoms with van der Waals surface area (Å²) in [6.07, 6.45) is 0.671. The van der Waals surface area contributed by atoms with E-state index in [1.807, 2.05) is 0 Å². The first-order chi connectivity index (χ1) is 13.3. The molecule has 0 amide bonds. The lowest BCUT2D eigenvalue weighted by Gasteiger charge is -2.26. The molecule has 28 heavy (non-hydrogen) atoms. The topological polar surface area (TPSA) is 96.8 Å². The molecule has 0 saturated carbocycles. The van der Waals surface area contributed by atoms with Crippen molar-refractivity contribution >= 4 is 32.9 Å². The average Bonchev–Trinajstić information content (AvgIpc) is 3.35. The third-order valence-corrected chi connectivity index (χ3v) is 7.40. The Kier molecular flexibility index (Phi) is 6.08. The van der Waals surface area contributed by atoms with E-state index in [1.165, 1.54) is 16.7 Å². The van der Waals surface area contributed by atoms with Gasteiger partial charge in [-0.1, -0.05) is 6.92 Å². The van der Waals surface area contributed by atoms with Gasteiger partial charge in [-0.25, -0.2) is 22.2 Å². The number of anilines is 1. The van der Waals surface area contributed by atoms with Crippen molar-refractivity contribution in [2.75, 3.05) is 4.31 Å². The maximum Gasteiger partial charge on any atom is 0.294 e. The van der Waals surface area contributed by atoms with Crippen LogP contribution in [0.3, 0.4) is 0 Å². The lowest BCUT2D eigenvalue weighted by atomic mass is 10.4. The van der Waals surface area contributed by atoms with Crippen LogP contribution in [0.2, 0.25) is 0 Å². The molecule has 1 unspecified atom stereocenters. The highest BCUT2D eigenvalue weighted by atomic mass is 32.2. The van der Waals surface area contributed by atoms with Gasteiger partial charge < -0.3 is 4.74 Å². The molecule has 3 heterocycles. The molecule has 2 atom stereocenters. The minimum atomic E-state index is -3.65. The number of ether oxygens (including phenoxy) is 1. The lowest BCUT2D eigenvalue weighted by Crippen LogP contribution is -2.37. The molecule has 1 aliphatic rings. The molecule has 1 aliphatic heterocycles. The number of halogens is 2. The fourth-order valence-electron chi connectivity index (χ4n) is 2.38. The van der Waals surface area contributed by atoms with E-state index in [2.05, 4.69) is 20.5 Å². The van der Waals surface area contributed by atoms with E-state index in [-0.39, 0.29) is 12.4 Å². The summed E-state index contributed by atoms with van der Waals surface area (Å²) in [5.41, 5.74) is 2.63. The van der Waals surface area contributed by atoms with Crippen LogP contribution in [0.25, 0.3) is 0 Å². The summed E-state index contributed by atoms with van der Waals surface area (Å²) in [5.74, 6) is 0.00626. The van der Waals surface area contributed by atoms with E-state index < -0.39 is 27.9 Å². The zero-order valence-electron chi connectivity index (χ0n) is 15.1. The van der Waals surface area contributed by atoms with Gasteiger partial charge in [-0.05, 0) is 25.5 Å². The zero-order chi connectivity index (χ0) is 20.3. The van der Waals surface area contributed by atoms with Crippen LogP contribution in [0.4, 0.5) is 14.5 Å². The van der Waals surface area contributed by atoms with Crippen LogP contribution in [0.15, 0.2) is 35.8 Å². The van der Waals surface area contributed by atoms with Crippen molar-refractivity contribution in [3.63, 3.8) is 0 Å². The monoisotopic (exact) mass is 431 g/mol. The van der Waals surface area contributed by atoms with Gasteiger partial charge in [0.05, 0.1) is 29.9 Å². The van der Waals surface area contributed by atoms with Crippen molar-refractivity contribution in [2.24, 2.45) is 5.10 Å². The highest BCUT2D eigenvalue weighted by Gasteiger charge is 2.31. The van der Waals surface area contributed by atoms with Gasteiger partial charge in [0.1, 0.15) is 9.88 Å². The van der Waals surface area contributed by atoms with Gasteiger partial charge in [0.2, 0.25) is 16.3 Å². The molecule has 2 aromatic heterocycles. The van der Waals surface area contributed by atoms with Gasteiger partial charge in [-0.15, -0.1) is 16.4 Å². The van der Waals surface area contributed by atoms with Crippen LogP contribution in [0, 0.1) is 0 Å². The molecule has 152 valence electrons. The Balaban J connectivity index is 1.84. The minimum Gasteiger partial charge on any atom is -0.444 e. The molecular weight excluding hydrogens is 412 g/mol. The molecule has 0 saturated heterocycles.